The Morgan fingerprint density at radius 1 is 1.14 bits per heavy atom. The molecule has 0 spiro atoms. The number of aryl methyl sites for hydroxylation is 1. The van der Waals surface area contributed by atoms with E-state index in [1.807, 2.05) is 44.2 Å². The van der Waals surface area contributed by atoms with Crippen molar-refractivity contribution in [2.75, 3.05) is 5.32 Å². The zero-order chi connectivity index (χ0) is 20.1. The predicted octanol–water partition coefficient (Wildman–Crippen LogP) is 4.40. The molecule has 0 atom stereocenters. The fourth-order valence-corrected chi connectivity index (χ4v) is 3.03. The third-order valence-electron chi connectivity index (χ3n) is 4.59. The topological polar surface area (TPSA) is 78.1 Å². The average molecular weight is 371 g/mol. The normalized spacial score (nSPS) is 11.1. The van der Waals surface area contributed by atoms with Gasteiger partial charge in [0.2, 0.25) is 0 Å². The van der Waals surface area contributed by atoms with E-state index in [0.717, 1.165) is 23.5 Å². The van der Waals surface area contributed by atoms with Gasteiger partial charge >= 0.3 is 0 Å². The molecule has 5 nitrogen and oxygen atoms in total. The van der Waals surface area contributed by atoms with E-state index in [9.17, 15) is 15.2 Å². The largest absolute Gasteiger partial charge is 0.508 e. The summed E-state index contributed by atoms with van der Waals surface area (Å²) >= 11 is 0. The Bertz CT molecular complexity index is 1060. The first-order valence-corrected chi connectivity index (χ1v) is 8.91. The molecule has 0 saturated carbocycles. The monoisotopic (exact) mass is 371 g/mol. The third kappa shape index (κ3) is 4.30. The molecule has 3 rings (SSSR count). The minimum absolute atomic E-state index is 0.0213. The van der Waals surface area contributed by atoms with Gasteiger partial charge in [0.15, 0.2) is 0 Å². The van der Waals surface area contributed by atoms with Gasteiger partial charge in [0.05, 0.1) is 0 Å². The smallest absolute Gasteiger partial charge is 0.266 e. The molecule has 0 aliphatic carbocycles. The van der Waals surface area contributed by atoms with Crippen molar-refractivity contribution in [3.8, 4) is 11.8 Å². The number of aromatic nitrogens is 1. The van der Waals surface area contributed by atoms with Crippen LogP contribution in [0.5, 0.6) is 5.75 Å². The van der Waals surface area contributed by atoms with Crippen molar-refractivity contribution in [2.24, 2.45) is 0 Å². The van der Waals surface area contributed by atoms with Gasteiger partial charge in [-0.2, -0.15) is 5.26 Å². The van der Waals surface area contributed by atoms with Crippen LogP contribution in [-0.4, -0.2) is 15.6 Å². The van der Waals surface area contributed by atoms with Gasteiger partial charge in [-0.15, -0.1) is 0 Å². The van der Waals surface area contributed by atoms with Crippen LogP contribution in [0.25, 0.3) is 6.08 Å². The molecule has 1 aromatic heterocycles. The second-order valence-corrected chi connectivity index (χ2v) is 6.57. The van der Waals surface area contributed by atoms with Crippen LogP contribution < -0.4 is 5.32 Å². The van der Waals surface area contributed by atoms with Gasteiger partial charge in [-0.3, -0.25) is 4.79 Å². The van der Waals surface area contributed by atoms with Crippen molar-refractivity contribution < 1.29 is 9.90 Å². The molecular formula is C23H21N3O2. The van der Waals surface area contributed by atoms with E-state index in [-0.39, 0.29) is 11.3 Å². The van der Waals surface area contributed by atoms with E-state index in [1.54, 1.807) is 18.2 Å². The van der Waals surface area contributed by atoms with Crippen LogP contribution in [0, 0.1) is 25.2 Å². The molecule has 0 aliphatic heterocycles. The number of hydrogen-bond acceptors (Lipinski definition) is 3. The first kappa shape index (κ1) is 19.0. The lowest BCUT2D eigenvalue weighted by Gasteiger charge is -2.09. The highest BCUT2D eigenvalue weighted by molar-refractivity contribution is 6.09. The van der Waals surface area contributed by atoms with Crippen LogP contribution in [0.15, 0.2) is 66.2 Å². The van der Waals surface area contributed by atoms with Crippen molar-refractivity contribution in [2.45, 2.75) is 20.4 Å². The fraction of sp³-hybridized carbons (Fsp3) is 0.130. The van der Waals surface area contributed by atoms with E-state index in [0.29, 0.717) is 5.69 Å². The number of benzene rings is 2. The highest BCUT2D eigenvalue weighted by atomic mass is 16.3. The number of nitriles is 1. The van der Waals surface area contributed by atoms with Crippen LogP contribution in [0.4, 0.5) is 5.69 Å². The second-order valence-electron chi connectivity index (χ2n) is 6.57. The van der Waals surface area contributed by atoms with Crippen molar-refractivity contribution in [3.05, 3.63) is 88.8 Å². The number of phenols is 1. The van der Waals surface area contributed by atoms with Gasteiger partial charge in [-0.25, -0.2) is 0 Å². The van der Waals surface area contributed by atoms with Crippen LogP contribution in [0.3, 0.4) is 0 Å². The number of aromatic hydroxyl groups is 1. The summed E-state index contributed by atoms with van der Waals surface area (Å²) in [6.07, 6.45) is 1.61. The minimum Gasteiger partial charge on any atom is -0.508 e. The molecule has 0 unspecified atom stereocenters. The van der Waals surface area contributed by atoms with Gasteiger partial charge in [-0.05, 0) is 61.4 Å². The lowest BCUT2D eigenvalue weighted by Crippen LogP contribution is -2.13. The average Bonchev–Trinajstić information content (AvgIpc) is 2.96. The highest BCUT2D eigenvalue weighted by Gasteiger charge is 2.13. The number of amides is 1. The van der Waals surface area contributed by atoms with E-state index in [2.05, 4.69) is 22.0 Å². The Kier molecular flexibility index (Phi) is 5.61. The number of nitrogens with zero attached hydrogens (tertiary/aromatic N) is 2. The summed E-state index contributed by atoms with van der Waals surface area (Å²) in [6.45, 7) is 4.72. The van der Waals surface area contributed by atoms with Crippen molar-refractivity contribution in [3.63, 3.8) is 0 Å². The summed E-state index contributed by atoms with van der Waals surface area (Å²) in [6, 6.07) is 20.2. The number of nitrogens with one attached hydrogen (secondary N) is 1. The summed E-state index contributed by atoms with van der Waals surface area (Å²) in [5.41, 5.74) is 4.61. The van der Waals surface area contributed by atoms with Crippen molar-refractivity contribution >= 4 is 17.7 Å². The van der Waals surface area contributed by atoms with Crippen LogP contribution in [0.1, 0.15) is 22.5 Å². The molecule has 0 saturated heterocycles. The second kappa shape index (κ2) is 8.28. The van der Waals surface area contributed by atoms with Gasteiger partial charge in [0, 0.05) is 23.6 Å². The van der Waals surface area contributed by atoms with Gasteiger partial charge < -0.3 is 15.0 Å². The molecule has 2 N–H and O–H groups in total. The molecule has 28 heavy (non-hydrogen) atoms. The van der Waals surface area contributed by atoms with Gasteiger partial charge in [0.25, 0.3) is 5.91 Å². The summed E-state index contributed by atoms with van der Waals surface area (Å²) in [4.78, 5) is 12.5. The summed E-state index contributed by atoms with van der Waals surface area (Å²) < 4.78 is 2.16. The Morgan fingerprint density at radius 3 is 2.46 bits per heavy atom. The van der Waals surface area contributed by atoms with E-state index in [4.69, 9.17) is 0 Å². The van der Waals surface area contributed by atoms with E-state index >= 15 is 0 Å². The molecule has 0 aliphatic rings. The Hall–Kier alpha value is -3.78. The zero-order valence-electron chi connectivity index (χ0n) is 15.8. The predicted molar refractivity (Wildman–Crippen MR) is 110 cm³/mol. The van der Waals surface area contributed by atoms with Crippen molar-refractivity contribution in [1.29, 1.82) is 5.26 Å². The molecule has 2 aromatic carbocycles. The minimum atomic E-state index is -0.485. The Labute approximate surface area is 164 Å². The third-order valence-corrected chi connectivity index (χ3v) is 4.59. The molecule has 3 aromatic rings. The van der Waals surface area contributed by atoms with Gasteiger partial charge in [-0.1, -0.05) is 30.3 Å². The quantitative estimate of drug-likeness (QED) is 0.396. The Morgan fingerprint density at radius 2 is 1.82 bits per heavy atom. The first-order chi connectivity index (χ1) is 13.5. The maximum absolute atomic E-state index is 12.5. The molecule has 1 amide bonds. The molecule has 140 valence electrons. The Balaban J connectivity index is 1.84. The van der Waals surface area contributed by atoms with E-state index in [1.165, 1.54) is 17.7 Å². The SMILES string of the molecule is Cc1cc(/C=C(/C#N)C(=O)Nc2ccc(O)cc2)c(C)n1Cc1ccccc1. The standard InChI is InChI=1S/C23H21N3O2/c1-16-12-19(17(2)26(16)15-18-6-4-3-5-7-18)13-20(14-24)23(28)25-21-8-10-22(27)11-9-21/h3-13,27H,15H2,1-2H3,(H,25,28)/b20-13-. The maximum atomic E-state index is 12.5. The summed E-state index contributed by atoms with van der Waals surface area (Å²) in [7, 11) is 0. The van der Waals surface area contributed by atoms with Crippen LogP contribution in [0.2, 0.25) is 0 Å². The zero-order valence-corrected chi connectivity index (χ0v) is 15.8. The maximum Gasteiger partial charge on any atom is 0.266 e. The lowest BCUT2D eigenvalue weighted by atomic mass is 10.1. The lowest BCUT2D eigenvalue weighted by molar-refractivity contribution is -0.112. The highest BCUT2D eigenvalue weighted by Crippen LogP contribution is 2.21. The summed E-state index contributed by atoms with van der Waals surface area (Å²) in [5, 5.41) is 21.5. The molecule has 0 bridgehead atoms. The van der Waals surface area contributed by atoms with Crippen LogP contribution >= 0.6 is 0 Å². The number of hydrogen-bond donors (Lipinski definition) is 2. The molecular weight excluding hydrogens is 350 g/mol. The first-order valence-electron chi connectivity index (χ1n) is 8.91. The van der Waals surface area contributed by atoms with Crippen molar-refractivity contribution in [1.82, 2.24) is 4.57 Å². The number of rotatable bonds is 5. The van der Waals surface area contributed by atoms with Crippen LogP contribution in [-0.2, 0) is 11.3 Å². The molecule has 5 heteroatoms. The summed E-state index contributed by atoms with van der Waals surface area (Å²) in [5.74, 6) is -0.374. The van der Waals surface area contributed by atoms with E-state index < -0.39 is 5.91 Å². The molecule has 0 fully saturated rings. The number of anilines is 1. The number of phenolic OH excluding ortho intramolecular Hbond substituents is 1. The van der Waals surface area contributed by atoms with Gasteiger partial charge in [0.1, 0.15) is 17.4 Å². The number of carbonyl (C=O) groups excluding carboxylic acids is 1. The number of carbonyl (C=O) groups is 1. The molecule has 0 radical (unpaired) electrons. The fourth-order valence-electron chi connectivity index (χ4n) is 3.03. The molecule has 1 heterocycles.